The van der Waals surface area contributed by atoms with Gasteiger partial charge in [-0.1, -0.05) is 18.2 Å². The van der Waals surface area contributed by atoms with Crippen molar-refractivity contribution in [1.82, 2.24) is 14.7 Å². The standard InChI is InChI=1S/C17H21F2N3/c1-12(21-8-3-4-9-21)14-6-5-7-15(10-14)16-11-20-22(13(16)2)17(18)19/h5-7,10-12,17H,3-4,8-9H2,1-2H3. The van der Waals surface area contributed by atoms with Gasteiger partial charge >= 0.3 is 6.55 Å². The summed E-state index contributed by atoms with van der Waals surface area (Å²) in [6.45, 7) is 3.56. The van der Waals surface area contributed by atoms with Crippen molar-refractivity contribution in [2.24, 2.45) is 0 Å². The van der Waals surface area contributed by atoms with Gasteiger partial charge in [0.1, 0.15) is 0 Å². The molecule has 0 radical (unpaired) electrons. The average molecular weight is 305 g/mol. The van der Waals surface area contributed by atoms with E-state index in [9.17, 15) is 8.78 Å². The Bertz CT molecular complexity index is 645. The molecule has 1 saturated heterocycles. The molecule has 0 spiro atoms. The molecule has 1 atom stereocenters. The third kappa shape index (κ3) is 2.77. The summed E-state index contributed by atoms with van der Waals surface area (Å²) in [5.74, 6) is 0. The van der Waals surface area contributed by atoms with Crippen LogP contribution in [0.1, 0.15) is 43.6 Å². The van der Waals surface area contributed by atoms with Gasteiger partial charge in [0.25, 0.3) is 0 Å². The van der Waals surface area contributed by atoms with E-state index in [0.717, 1.165) is 28.9 Å². The van der Waals surface area contributed by atoms with Gasteiger partial charge in [0.05, 0.1) is 6.20 Å². The number of benzene rings is 1. The van der Waals surface area contributed by atoms with Crippen LogP contribution in [0.25, 0.3) is 11.1 Å². The zero-order chi connectivity index (χ0) is 15.7. The first kappa shape index (κ1) is 15.2. The molecule has 0 saturated carbocycles. The van der Waals surface area contributed by atoms with E-state index in [4.69, 9.17) is 0 Å². The number of rotatable bonds is 4. The zero-order valence-corrected chi connectivity index (χ0v) is 13.0. The summed E-state index contributed by atoms with van der Waals surface area (Å²) in [5, 5.41) is 3.80. The van der Waals surface area contributed by atoms with Crippen molar-refractivity contribution in [3.05, 3.63) is 41.7 Å². The van der Waals surface area contributed by atoms with E-state index in [1.807, 2.05) is 12.1 Å². The Hall–Kier alpha value is -1.75. The lowest BCUT2D eigenvalue weighted by Gasteiger charge is -2.24. The van der Waals surface area contributed by atoms with Crippen molar-refractivity contribution in [3.63, 3.8) is 0 Å². The molecule has 1 unspecified atom stereocenters. The summed E-state index contributed by atoms with van der Waals surface area (Å²) < 4.78 is 26.5. The van der Waals surface area contributed by atoms with Gasteiger partial charge in [-0.2, -0.15) is 13.9 Å². The minimum absolute atomic E-state index is 0.355. The fourth-order valence-electron chi connectivity index (χ4n) is 3.21. The predicted octanol–water partition coefficient (Wildman–Crippen LogP) is 4.41. The first-order chi connectivity index (χ1) is 10.6. The highest BCUT2D eigenvalue weighted by atomic mass is 19.3. The fourth-order valence-corrected chi connectivity index (χ4v) is 3.21. The molecule has 1 aliphatic heterocycles. The molecule has 3 rings (SSSR count). The number of alkyl halides is 2. The number of hydrogen-bond donors (Lipinski definition) is 0. The van der Waals surface area contributed by atoms with Crippen molar-refractivity contribution in [2.45, 2.75) is 39.3 Å². The largest absolute Gasteiger partial charge is 0.333 e. The third-order valence-corrected chi connectivity index (χ3v) is 4.60. The van der Waals surface area contributed by atoms with Crippen molar-refractivity contribution in [3.8, 4) is 11.1 Å². The van der Waals surface area contributed by atoms with Crippen LogP contribution in [-0.4, -0.2) is 27.8 Å². The maximum absolute atomic E-state index is 12.9. The maximum atomic E-state index is 12.9. The SMILES string of the molecule is Cc1c(-c2cccc(C(C)N3CCCC3)c2)cnn1C(F)F. The molecule has 1 aromatic carbocycles. The molecule has 0 aliphatic carbocycles. The summed E-state index contributed by atoms with van der Waals surface area (Å²) in [6.07, 6.45) is 4.04. The minimum Gasteiger partial charge on any atom is -0.297 e. The second kappa shape index (κ2) is 6.16. The topological polar surface area (TPSA) is 21.1 Å². The molecule has 1 aliphatic rings. The molecular weight excluding hydrogens is 284 g/mol. The number of likely N-dealkylation sites (tertiary alicyclic amines) is 1. The molecule has 2 heterocycles. The van der Waals surface area contributed by atoms with E-state index in [0.29, 0.717) is 11.7 Å². The van der Waals surface area contributed by atoms with Gasteiger partial charge in [-0.3, -0.25) is 4.90 Å². The van der Waals surface area contributed by atoms with Crippen LogP contribution in [0.2, 0.25) is 0 Å². The Morgan fingerprint density at radius 3 is 2.55 bits per heavy atom. The highest BCUT2D eigenvalue weighted by molar-refractivity contribution is 5.66. The van der Waals surface area contributed by atoms with E-state index >= 15 is 0 Å². The minimum atomic E-state index is -2.60. The van der Waals surface area contributed by atoms with Crippen LogP contribution in [0, 0.1) is 6.92 Å². The van der Waals surface area contributed by atoms with Crippen molar-refractivity contribution in [2.75, 3.05) is 13.1 Å². The number of nitrogens with zero attached hydrogens (tertiary/aromatic N) is 3. The number of halogens is 2. The Morgan fingerprint density at radius 1 is 1.18 bits per heavy atom. The van der Waals surface area contributed by atoms with Gasteiger partial charge in [0.2, 0.25) is 0 Å². The van der Waals surface area contributed by atoms with Crippen LogP contribution in [0.3, 0.4) is 0 Å². The summed E-state index contributed by atoms with van der Waals surface area (Å²) in [6, 6.07) is 8.52. The second-order valence-corrected chi connectivity index (χ2v) is 5.91. The van der Waals surface area contributed by atoms with Crippen LogP contribution < -0.4 is 0 Å². The molecular formula is C17H21F2N3. The van der Waals surface area contributed by atoms with E-state index in [-0.39, 0.29) is 0 Å². The predicted molar refractivity (Wildman–Crippen MR) is 82.9 cm³/mol. The van der Waals surface area contributed by atoms with Crippen LogP contribution in [0.5, 0.6) is 0 Å². The van der Waals surface area contributed by atoms with Gasteiger partial charge in [0, 0.05) is 17.3 Å². The van der Waals surface area contributed by atoms with Gasteiger partial charge in [-0.05, 0) is 57.0 Å². The molecule has 0 amide bonds. The number of aromatic nitrogens is 2. The van der Waals surface area contributed by atoms with Crippen molar-refractivity contribution < 1.29 is 8.78 Å². The molecule has 3 nitrogen and oxygen atoms in total. The van der Waals surface area contributed by atoms with E-state index in [1.54, 1.807) is 6.92 Å². The van der Waals surface area contributed by atoms with Crippen molar-refractivity contribution >= 4 is 0 Å². The second-order valence-electron chi connectivity index (χ2n) is 5.91. The first-order valence-corrected chi connectivity index (χ1v) is 7.74. The summed E-state index contributed by atoms with van der Waals surface area (Å²) in [5.41, 5.74) is 3.45. The smallest absolute Gasteiger partial charge is 0.297 e. The van der Waals surface area contributed by atoms with Crippen LogP contribution in [-0.2, 0) is 0 Å². The number of hydrogen-bond acceptors (Lipinski definition) is 2. The monoisotopic (exact) mass is 305 g/mol. The molecule has 22 heavy (non-hydrogen) atoms. The molecule has 118 valence electrons. The van der Waals surface area contributed by atoms with Gasteiger partial charge < -0.3 is 0 Å². The Balaban J connectivity index is 1.91. The van der Waals surface area contributed by atoms with Crippen molar-refractivity contribution in [1.29, 1.82) is 0 Å². The van der Waals surface area contributed by atoms with E-state index in [2.05, 4.69) is 29.1 Å². The van der Waals surface area contributed by atoms with Gasteiger partial charge in [-0.25, -0.2) is 4.68 Å². The molecule has 1 fully saturated rings. The highest BCUT2D eigenvalue weighted by Crippen LogP contribution is 2.30. The normalized spacial score (nSPS) is 17.3. The first-order valence-electron chi connectivity index (χ1n) is 7.74. The zero-order valence-electron chi connectivity index (χ0n) is 13.0. The van der Waals surface area contributed by atoms with Gasteiger partial charge in [-0.15, -0.1) is 0 Å². The third-order valence-electron chi connectivity index (χ3n) is 4.60. The lowest BCUT2D eigenvalue weighted by molar-refractivity contribution is 0.0545. The van der Waals surface area contributed by atoms with Gasteiger partial charge in [0.15, 0.2) is 0 Å². The van der Waals surface area contributed by atoms with Crippen LogP contribution >= 0.6 is 0 Å². The quantitative estimate of drug-likeness (QED) is 0.834. The maximum Gasteiger partial charge on any atom is 0.333 e. The summed E-state index contributed by atoms with van der Waals surface area (Å²) >= 11 is 0. The molecule has 2 aromatic rings. The Morgan fingerprint density at radius 2 is 1.91 bits per heavy atom. The van der Waals surface area contributed by atoms with E-state index < -0.39 is 6.55 Å². The van der Waals surface area contributed by atoms with E-state index in [1.165, 1.54) is 24.6 Å². The average Bonchev–Trinajstić information content (AvgIpc) is 3.16. The fraction of sp³-hybridized carbons (Fsp3) is 0.471. The molecule has 0 N–H and O–H groups in total. The summed E-state index contributed by atoms with van der Waals surface area (Å²) in [7, 11) is 0. The molecule has 0 bridgehead atoms. The summed E-state index contributed by atoms with van der Waals surface area (Å²) in [4.78, 5) is 2.47. The van der Waals surface area contributed by atoms with Crippen LogP contribution in [0.4, 0.5) is 8.78 Å². The Kier molecular flexibility index (Phi) is 4.25. The lowest BCUT2D eigenvalue weighted by atomic mass is 10.00. The molecule has 1 aromatic heterocycles. The Labute approximate surface area is 129 Å². The van der Waals surface area contributed by atoms with Crippen LogP contribution in [0.15, 0.2) is 30.5 Å². The lowest BCUT2D eigenvalue weighted by Crippen LogP contribution is -2.23. The highest BCUT2D eigenvalue weighted by Gasteiger charge is 2.20. The molecule has 5 heteroatoms.